The number of aromatic nitrogens is 3. The van der Waals surface area contributed by atoms with Crippen molar-refractivity contribution in [2.45, 2.75) is 38.8 Å². The van der Waals surface area contributed by atoms with Crippen LogP contribution in [0.1, 0.15) is 25.7 Å². The van der Waals surface area contributed by atoms with Crippen LogP contribution in [0.15, 0.2) is 23.8 Å². The van der Waals surface area contributed by atoms with Gasteiger partial charge in [0.2, 0.25) is 0 Å². The van der Waals surface area contributed by atoms with Crippen LogP contribution in [-0.2, 0) is 17.9 Å². The first kappa shape index (κ1) is 15.3. The van der Waals surface area contributed by atoms with Crippen LogP contribution in [0.2, 0.25) is 0 Å². The molecule has 0 saturated heterocycles. The number of carbonyl (C=O) groups excluding carboxylic acids is 1. The summed E-state index contributed by atoms with van der Waals surface area (Å²) in [6, 6.07) is 0. The number of allylic oxidation sites excluding steroid dienone is 1. The number of aryl methyl sites for hydroxylation is 1. The zero-order chi connectivity index (χ0) is 15.7. The van der Waals surface area contributed by atoms with Gasteiger partial charge in [-0.3, -0.25) is 14.2 Å². The Kier molecular flexibility index (Phi) is 4.35. The number of nitrogens with zero attached hydrogens (tertiary/aromatic N) is 3. The van der Waals surface area contributed by atoms with Gasteiger partial charge in [-0.25, -0.2) is 4.98 Å². The minimum atomic E-state index is -0.0747. The number of ketones is 1. The molecule has 1 atom stereocenters. The smallest absolute Gasteiger partial charge is 0.272 e. The van der Waals surface area contributed by atoms with Gasteiger partial charge in [0.15, 0.2) is 9.60 Å². The molecule has 0 aromatic carbocycles. The molecule has 0 N–H and O–H groups in total. The second-order valence-electron chi connectivity index (χ2n) is 5.51. The first-order valence-electron chi connectivity index (χ1n) is 7.34. The van der Waals surface area contributed by atoms with E-state index in [0.717, 1.165) is 12.8 Å². The van der Waals surface area contributed by atoms with Gasteiger partial charge >= 0.3 is 0 Å². The number of hydrogen-bond donors (Lipinski definition) is 0. The van der Waals surface area contributed by atoms with Gasteiger partial charge in [0.25, 0.3) is 5.56 Å². The largest absolute Gasteiger partial charge is 0.304 e. The van der Waals surface area contributed by atoms with Crippen LogP contribution in [-0.4, -0.2) is 19.9 Å². The van der Waals surface area contributed by atoms with E-state index >= 15 is 0 Å². The zero-order valence-corrected chi connectivity index (χ0v) is 13.8. The van der Waals surface area contributed by atoms with Crippen LogP contribution in [0.4, 0.5) is 0 Å². The van der Waals surface area contributed by atoms with Gasteiger partial charge in [0.1, 0.15) is 10.5 Å². The Bertz CT molecular complexity index is 847. The molecule has 2 aromatic rings. The van der Waals surface area contributed by atoms with Crippen molar-refractivity contribution in [1.29, 1.82) is 0 Å². The lowest BCUT2D eigenvalue weighted by atomic mass is 10.0. The van der Waals surface area contributed by atoms with Crippen molar-refractivity contribution in [3.05, 3.63) is 33.3 Å². The summed E-state index contributed by atoms with van der Waals surface area (Å²) in [5.41, 5.74) is 0.544. The Morgan fingerprint density at radius 1 is 1.50 bits per heavy atom. The molecule has 116 valence electrons. The predicted molar refractivity (Wildman–Crippen MR) is 89.9 cm³/mol. The van der Waals surface area contributed by atoms with Gasteiger partial charge < -0.3 is 4.57 Å². The quantitative estimate of drug-likeness (QED) is 0.623. The van der Waals surface area contributed by atoms with E-state index in [-0.39, 0.29) is 11.5 Å². The van der Waals surface area contributed by atoms with Crippen molar-refractivity contribution >= 4 is 39.7 Å². The number of Topliss-reactive ketones (excluding diaryl/α,β-unsaturated/α-hetero) is 1. The summed E-state index contributed by atoms with van der Waals surface area (Å²) in [5, 5.41) is 0. The summed E-state index contributed by atoms with van der Waals surface area (Å²) in [7, 11) is 0. The summed E-state index contributed by atoms with van der Waals surface area (Å²) in [6.45, 7) is 4.78. The number of fused-ring (bicyclic) bond motifs is 1. The monoisotopic (exact) mass is 335 g/mol. The van der Waals surface area contributed by atoms with E-state index in [1.807, 2.05) is 4.57 Å². The SMILES string of the molecule is C=CCn1c(=S)sc2c(=O)n(CC[C@@H]3CCCC3=O)cnc21. The third-order valence-corrected chi connectivity index (χ3v) is 5.53. The van der Waals surface area contributed by atoms with Crippen molar-refractivity contribution in [2.75, 3.05) is 0 Å². The number of hydrogen-bond acceptors (Lipinski definition) is 5. The van der Waals surface area contributed by atoms with E-state index in [9.17, 15) is 9.59 Å². The molecule has 0 amide bonds. The van der Waals surface area contributed by atoms with Crippen LogP contribution in [0.3, 0.4) is 0 Å². The molecule has 1 saturated carbocycles. The summed E-state index contributed by atoms with van der Waals surface area (Å²) in [4.78, 5) is 28.6. The summed E-state index contributed by atoms with van der Waals surface area (Å²) < 4.78 is 4.61. The summed E-state index contributed by atoms with van der Waals surface area (Å²) in [5.74, 6) is 0.432. The molecule has 2 aromatic heterocycles. The van der Waals surface area contributed by atoms with Crippen molar-refractivity contribution < 1.29 is 4.79 Å². The van der Waals surface area contributed by atoms with Gasteiger partial charge in [0, 0.05) is 25.4 Å². The van der Waals surface area contributed by atoms with Gasteiger partial charge in [-0.15, -0.1) is 6.58 Å². The Morgan fingerprint density at radius 2 is 2.32 bits per heavy atom. The Balaban J connectivity index is 1.90. The van der Waals surface area contributed by atoms with Crippen molar-refractivity contribution in [3.63, 3.8) is 0 Å². The molecule has 2 heterocycles. The maximum atomic E-state index is 12.5. The van der Waals surface area contributed by atoms with Crippen molar-refractivity contribution in [1.82, 2.24) is 14.1 Å². The normalized spacial score (nSPS) is 18.2. The highest BCUT2D eigenvalue weighted by molar-refractivity contribution is 7.73. The van der Waals surface area contributed by atoms with E-state index in [0.29, 0.717) is 46.0 Å². The standard InChI is InChI=1S/C15H17N3O2S2/c1-2-7-18-13-12(22-15(18)21)14(20)17(9-16-13)8-6-10-4-3-5-11(10)19/h2,9-10H,1,3-8H2/t10-/m0/s1. The topological polar surface area (TPSA) is 56.9 Å². The lowest BCUT2D eigenvalue weighted by molar-refractivity contribution is -0.120. The summed E-state index contributed by atoms with van der Waals surface area (Å²) >= 11 is 6.58. The van der Waals surface area contributed by atoms with Gasteiger partial charge in [0.05, 0.1) is 6.33 Å². The highest BCUT2D eigenvalue weighted by atomic mass is 32.1. The third-order valence-electron chi connectivity index (χ3n) is 4.10. The van der Waals surface area contributed by atoms with Crippen molar-refractivity contribution in [3.8, 4) is 0 Å². The Labute approximate surface area is 136 Å². The maximum Gasteiger partial charge on any atom is 0.272 e. The Hall–Kier alpha value is -1.60. The van der Waals surface area contributed by atoms with E-state index in [1.54, 1.807) is 17.0 Å². The lowest BCUT2D eigenvalue weighted by Crippen LogP contribution is -2.22. The number of carbonyl (C=O) groups is 1. The van der Waals surface area contributed by atoms with Gasteiger partial charge in [-0.2, -0.15) is 0 Å². The van der Waals surface area contributed by atoms with Crippen LogP contribution < -0.4 is 5.56 Å². The maximum absolute atomic E-state index is 12.5. The van der Waals surface area contributed by atoms with E-state index in [4.69, 9.17) is 12.2 Å². The highest BCUT2D eigenvalue weighted by Gasteiger charge is 2.24. The number of rotatable bonds is 5. The molecule has 7 heteroatoms. The first-order valence-corrected chi connectivity index (χ1v) is 8.56. The molecular weight excluding hydrogens is 318 g/mol. The fourth-order valence-electron chi connectivity index (χ4n) is 2.91. The molecule has 1 fully saturated rings. The fourth-order valence-corrected chi connectivity index (χ4v) is 4.22. The minimum Gasteiger partial charge on any atom is -0.304 e. The van der Waals surface area contributed by atoms with Crippen LogP contribution in [0.5, 0.6) is 0 Å². The van der Waals surface area contributed by atoms with Crippen LogP contribution >= 0.6 is 23.6 Å². The lowest BCUT2D eigenvalue weighted by Gasteiger charge is -2.09. The van der Waals surface area contributed by atoms with Gasteiger partial charge in [-0.05, 0) is 31.5 Å². The molecular formula is C15H17N3O2S2. The van der Waals surface area contributed by atoms with Crippen molar-refractivity contribution in [2.24, 2.45) is 5.92 Å². The van der Waals surface area contributed by atoms with Crippen LogP contribution in [0.25, 0.3) is 10.3 Å². The number of thiazole rings is 1. The second-order valence-corrected chi connectivity index (χ2v) is 7.15. The van der Waals surface area contributed by atoms with Crippen LogP contribution in [0, 0.1) is 9.87 Å². The molecule has 1 aliphatic rings. The zero-order valence-electron chi connectivity index (χ0n) is 12.2. The molecule has 3 rings (SSSR count). The molecule has 0 aliphatic heterocycles. The average Bonchev–Trinajstić information content (AvgIpc) is 3.04. The average molecular weight is 335 g/mol. The first-order chi connectivity index (χ1) is 10.6. The molecule has 1 aliphatic carbocycles. The predicted octanol–water partition coefficient (Wildman–Crippen LogP) is 2.93. The molecule has 0 radical (unpaired) electrons. The Morgan fingerprint density at radius 3 is 3.00 bits per heavy atom. The molecule has 0 bridgehead atoms. The van der Waals surface area contributed by atoms with E-state index < -0.39 is 0 Å². The molecule has 0 spiro atoms. The highest BCUT2D eigenvalue weighted by Crippen LogP contribution is 2.24. The van der Waals surface area contributed by atoms with E-state index in [1.165, 1.54) is 11.3 Å². The molecule has 0 unspecified atom stereocenters. The second kappa shape index (κ2) is 6.26. The molecule has 5 nitrogen and oxygen atoms in total. The summed E-state index contributed by atoms with van der Waals surface area (Å²) in [6.07, 6.45) is 6.61. The fraction of sp³-hybridized carbons (Fsp3) is 0.467. The molecule has 22 heavy (non-hydrogen) atoms. The van der Waals surface area contributed by atoms with Gasteiger partial charge in [-0.1, -0.05) is 17.4 Å². The minimum absolute atomic E-state index is 0.0747. The van der Waals surface area contributed by atoms with E-state index in [2.05, 4.69) is 11.6 Å². The third kappa shape index (κ3) is 2.70.